The fraction of sp³-hybridized carbons (Fsp3) is 0.538. The van der Waals surface area contributed by atoms with E-state index in [2.05, 4.69) is 10.2 Å². The molecule has 1 aliphatic rings. The lowest BCUT2D eigenvalue weighted by Gasteiger charge is -2.16. The predicted molar refractivity (Wildman–Crippen MR) is 65.7 cm³/mol. The molecule has 3 nitrogen and oxygen atoms in total. The Hall–Kier alpha value is -1.13. The minimum atomic E-state index is -0.183. The van der Waals surface area contributed by atoms with Crippen LogP contribution in [-0.4, -0.2) is 38.2 Å². The second-order valence-electron chi connectivity index (χ2n) is 4.47. The molecule has 1 unspecified atom stereocenters. The Morgan fingerprint density at radius 3 is 2.94 bits per heavy atom. The SMILES string of the molecule is CNC1CCN(Cc2ccc(OC)cc2F)C1. The van der Waals surface area contributed by atoms with Crippen molar-refractivity contribution in [3.63, 3.8) is 0 Å². The van der Waals surface area contributed by atoms with E-state index in [1.165, 1.54) is 6.07 Å². The zero-order chi connectivity index (χ0) is 12.3. The quantitative estimate of drug-likeness (QED) is 0.863. The zero-order valence-electron chi connectivity index (χ0n) is 10.4. The third-order valence-corrected chi connectivity index (χ3v) is 3.33. The number of methoxy groups -OCH3 is 1. The van der Waals surface area contributed by atoms with Crippen LogP contribution in [0.2, 0.25) is 0 Å². The number of ether oxygens (including phenoxy) is 1. The fourth-order valence-electron chi connectivity index (χ4n) is 2.24. The number of halogens is 1. The minimum Gasteiger partial charge on any atom is -0.497 e. The first-order chi connectivity index (χ1) is 8.22. The van der Waals surface area contributed by atoms with Gasteiger partial charge in [0.05, 0.1) is 7.11 Å². The molecule has 0 aliphatic carbocycles. The van der Waals surface area contributed by atoms with E-state index in [0.717, 1.165) is 25.1 Å². The van der Waals surface area contributed by atoms with Gasteiger partial charge in [-0.05, 0) is 19.5 Å². The van der Waals surface area contributed by atoms with Crippen molar-refractivity contribution >= 4 is 0 Å². The summed E-state index contributed by atoms with van der Waals surface area (Å²) in [5, 5.41) is 3.26. The molecule has 1 atom stereocenters. The van der Waals surface area contributed by atoms with Crippen LogP contribution in [-0.2, 0) is 6.54 Å². The van der Waals surface area contributed by atoms with Gasteiger partial charge in [0.15, 0.2) is 0 Å². The highest BCUT2D eigenvalue weighted by atomic mass is 19.1. The van der Waals surface area contributed by atoms with E-state index in [1.807, 2.05) is 13.1 Å². The summed E-state index contributed by atoms with van der Waals surface area (Å²) < 4.78 is 18.7. The smallest absolute Gasteiger partial charge is 0.131 e. The van der Waals surface area contributed by atoms with Crippen molar-refractivity contribution in [3.8, 4) is 5.75 Å². The van der Waals surface area contributed by atoms with E-state index in [1.54, 1.807) is 13.2 Å². The molecule has 0 spiro atoms. The Kier molecular flexibility index (Phi) is 3.97. The lowest BCUT2D eigenvalue weighted by molar-refractivity contribution is 0.316. The van der Waals surface area contributed by atoms with Crippen LogP contribution in [0.4, 0.5) is 4.39 Å². The molecule has 94 valence electrons. The largest absolute Gasteiger partial charge is 0.497 e. The van der Waals surface area contributed by atoms with Gasteiger partial charge in [-0.3, -0.25) is 4.90 Å². The number of nitrogens with zero attached hydrogens (tertiary/aromatic N) is 1. The first-order valence-corrected chi connectivity index (χ1v) is 5.95. The van der Waals surface area contributed by atoms with Crippen LogP contribution in [0, 0.1) is 5.82 Å². The molecule has 1 aromatic rings. The Balaban J connectivity index is 1.99. The van der Waals surface area contributed by atoms with Crippen LogP contribution < -0.4 is 10.1 Å². The maximum Gasteiger partial charge on any atom is 0.131 e. The molecule has 1 fully saturated rings. The molecule has 17 heavy (non-hydrogen) atoms. The van der Waals surface area contributed by atoms with Crippen LogP contribution in [0.25, 0.3) is 0 Å². The molecule has 0 radical (unpaired) electrons. The van der Waals surface area contributed by atoms with Crippen molar-refractivity contribution in [2.75, 3.05) is 27.2 Å². The van der Waals surface area contributed by atoms with Crippen LogP contribution in [0.1, 0.15) is 12.0 Å². The standard InChI is InChI=1S/C13H19FN2O/c1-15-11-5-6-16(9-11)8-10-3-4-12(17-2)7-13(10)14/h3-4,7,11,15H,5-6,8-9H2,1-2H3. The second-order valence-corrected chi connectivity index (χ2v) is 4.47. The lowest BCUT2D eigenvalue weighted by atomic mass is 10.2. The van der Waals surface area contributed by atoms with Crippen molar-refractivity contribution in [2.45, 2.75) is 19.0 Å². The summed E-state index contributed by atoms with van der Waals surface area (Å²) >= 11 is 0. The van der Waals surface area contributed by atoms with Crippen molar-refractivity contribution in [2.24, 2.45) is 0 Å². The summed E-state index contributed by atoms with van der Waals surface area (Å²) in [4.78, 5) is 2.27. The molecule has 0 amide bonds. The summed E-state index contributed by atoms with van der Waals surface area (Å²) in [6, 6.07) is 5.60. The minimum absolute atomic E-state index is 0.183. The van der Waals surface area contributed by atoms with Gasteiger partial charge in [-0.15, -0.1) is 0 Å². The Labute approximate surface area is 102 Å². The van der Waals surface area contributed by atoms with Gasteiger partial charge >= 0.3 is 0 Å². The average molecular weight is 238 g/mol. The van der Waals surface area contributed by atoms with Crippen LogP contribution >= 0.6 is 0 Å². The average Bonchev–Trinajstić information content (AvgIpc) is 2.79. The van der Waals surface area contributed by atoms with E-state index < -0.39 is 0 Å². The number of likely N-dealkylation sites (tertiary alicyclic amines) is 1. The van der Waals surface area contributed by atoms with Gasteiger partial charge in [-0.25, -0.2) is 4.39 Å². The summed E-state index contributed by atoms with van der Waals surface area (Å²) in [5.41, 5.74) is 0.738. The zero-order valence-corrected chi connectivity index (χ0v) is 10.4. The van der Waals surface area contributed by atoms with Gasteiger partial charge in [-0.1, -0.05) is 6.07 Å². The van der Waals surface area contributed by atoms with E-state index in [4.69, 9.17) is 4.74 Å². The molecule has 0 bridgehead atoms. The molecule has 0 saturated carbocycles. The molecule has 1 saturated heterocycles. The van der Waals surface area contributed by atoms with Gasteiger partial charge in [-0.2, -0.15) is 0 Å². The Morgan fingerprint density at radius 2 is 2.35 bits per heavy atom. The van der Waals surface area contributed by atoms with Gasteiger partial charge in [0, 0.05) is 37.3 Å². The molecule has 1 heterocycles. The monoisotopic (exact) mass is 238 g/mol. The molecule has 4 heteroatoms. The van der Waals surface area contributed by atoms with E-state index in [0.29, 0.717) is 18.3 Å². The van der Waals surface area contributed by atoms with Crippen LogP contribution in [0.3, 0.4) is 0 Å². The first kappa shape index (κ1) is 12.3. The van der Waals surface area contributed by atoms with Gasteiger partial charge in [0.1, 0.15) is 11.6 Å². The summed E-state index contributed by atoms with van der Waals surface area (Å²) in [7, 11) is 3.52. The Bertz CT molecular complexity index is 384. The van der Waals surface area contributed by atoms with Crippen molar-refractivity contribution in [1.29, 1.82) is 0 Å². The van der Waals surface area contributed by atoms with Crippen molar-refractivity contribution in [1.82, 2.24) is 10.2 Å². The maximum absolute atomic E-state index is 13.7. The van der Waals surface area contributed by atoms with Gasteiger partial charge in [0.25, 0.3) is 0 Å². The third kappa shape index (κ3) is 2.96. The van der Waals surface area contributed by atoms with Crippen molar-refractivity contribution < 1.29 is 9.13 Å². The number of hydrogen-bond acceptors (Lipinski definition) is 3. The summed E-state index contributed by atoms with van der Waals surface area (Å²) in [6.45, 7) is 2.69. The second kappa shape index (κ2) is 5.47. The highest BCUT2D eigenvalue weighted by molar-refractivity contribution is 5.28. The van der Waals surface area contributed by atoms with Gasteiger partial charge < -0.3 is 10.1 Å². The van der Waals surface area contributed by atoms with E-state index in [-0.39, 0.29) is 5.82 Å². The molecular formula is C13H19FN2O. The van der Waals surface area contributed by atoms with Gasteiger partial charge in [0.2, 0.25) is 0 Å². The summed E-state index contributed by atoms with van der Waals surface area (Å²) in [5.74, 6) is 0.387. The number of likely N-dealkylation sites (N-methyl/N-ethyl adjacent to an activating group) is 1. The lowest BCUT2D eigenvalue weighted by Crippen LogP contribution is -2.29. The molecule has 1 N–H and O–H groups in total. The molecule has 1 aromatic carbocycles. The molecule has 1 aliphatic heterocycles. The Morgan fingerprint density at radius 1 is 1.53 bits per heavy atom. The number of hydrogen-bond donors (Lipinski definition) is 1. The fourth-order valence-corrected chi connectivity index (χ4v) is 2.24. The van der Waals surface area contributed by atoms with Crippen LogP contribution in [0.5, 0.6) is 5.75 Å². The highest BCUT2D eigenvalue weighted by Crippen LogP contribution is 2.19. The highest BCUT2D eigenvalue weighted by Gasteiger charge is 2.21. The number of rotatable bonds is 4. The normalized spacial score (nSPS) is 20.8. The molecule has 2 rings (SSSR count). The van der Waals surface area contributed by atoms with Crippen molar-refractivity contribution in [3.05, 3.63) is 29.6 Å². The number of benzene rings is 1. The third-order valence-electron chi connectivity index (χ3n) is 3.33. The van der Waals surface area contributed by atoms with E-state index >= 15 is 0 Å². The molecule has 0 aromatic heterocycles. The predicted octanol–water partition coefficient (Wildman–Crippen LogP) is 1.63. The number of nitrogens with one attached hydrogen (secondary N) is 1. The van der Waals surface area contributed by atoms with E-state index in [9.17, 15) is 4.39 Å². The topological polar surface area (TPSA) is 24.5 Å². The first-order valence-electron chi connectivity index (χ1n) is 5.95. The maximum atomic E-state index is 13.7. The summed E-state index contributed by atoms with van der Waals surface area (Å²) in [6.07, 6.45) is 1.13. The van der Waals surface area contributed by atoms with Crippen LogP contribution in [0.15, 0.2) is 18.2 Å². The molecular weight excluding hydrogens is 219 g/mol.